The van der Waals surface area contributed by atoms with Gasteiger partial charge in [0.25, 0.3) is 0 Å². The quantitative estimate of drug-likeness (QED) is 0.471. The summed E-state index contributed by atoms with van der Waals surface area (Å²) in [7, 11) is 0. The Morgan fingerprint density at radius 2 is 1.86 bits per heavy atom. The van der Waals surface area contributed by atoms with Gasteiger partial charge in [-0.05, 0) is 31.1 Å². The first-order valence-corrected chi connectivity index (χ1v) is 3.02. The van der Waals surface area contributed by atoms with Crippen LogP contribution in [0.4, 0.5) is 4.39 Å². The molecule has 0 bridgehead atoms. The minimum absolute atomic E-state index is 0.396. The van der Waals surface area contributed by atoms with Gasteiger partial charge in [-0.25, -0.2) is 4.39 Å². The van der Waals surface area contributed by atoms with Gasteiger partial charge >= 0.3 is 0 Å². The van der Waals surface area contributed by atoms with Crippen molar-refractivity contribution in [2.75, 3.05) is 0 Å². The summed E-state index contributed by atoms with van der Waals surface area (Å²) in [5.74, 6) is 1.33. The molecule has 2 fully saturated rings. The first kappa shape index (κ1) is 3.88. The van der Waals surface area contributed by atoms with Crippen molar-refractivity contribution < 1.29 is 4.39 Å². The second kappa shape index (κ2) is 1.01. The van der Waals surface area contributed by atoms with Crippen LogP contribution in [0.5, 0.6) is 0 Å². The third kappa shape index (κ3) is 0.548. The van der Waals surface area contributed by atoms with Crippen LogP contribution in [0.15, 0.2) is 0 Å². The van der Waals surface area contributed by atoms with Gasteiger partial charge in [-0.3, -0.25) is 0 Å². The molecule has 2 aliphatic rings. The highest BCUT2D eigenvalue weighted by atomic mass is 19.1. The number of rotatable bonds is 1. The molecule has 2 aliphatic carbocycles. The van der Waals surface area contributed by atoms with Crippen molar-refractivity contribution in [1.82, 2.24) is 0 Å². The van der Waals surface area contributed by atoms with Crippen molar-refractivity contribution in [2.45, 2.75) is 25.4 Å². The summed E-state index contributed by atoms with van der Waals surface area (Å²) in [6.45, 7) is 0. The average molecular weight is 100 g/mol. The fourth-order valence-corrected chi connectivity index (χ4v) is 1.19. The topological polar surface area (TPSA) is 0 Å². The average Bonchev–Trinajstić information content (AvgIpc) is 2.23. The number of hydrogen-bond acceptors (Lipinski definition) is 0. The van der Waals surface area contributed by atoms with Crippen molar-refractivity contribution in [2.24, 2.45) is 11.8 Å². The highest BCUT2D eigenvalue weighted by molar-refractivity contribution is 4.97. The first-order chi connectivity index (χ1) is 3.38. The Morgan fingerprint density at radius 3 is 2.00 bits per heavy atom. The zero-order valence-corrected chi connectivity index (χ0v) is 4.23. The first-order valence-electron chi connectivity index (χ1n) is 3.02. The van der Waals surface area contributed by atoms with Crippen LogP contribution in [0.3, 0.4) is 0 Å². The number of hydrogen-bond donors (Lipinski definition) is 0. The van der Waals surface area contributed by atoms with Crippen molar-refractivity contribution >= 4 is 0 Å². The third-order valence-corrected chi connectivity index (χ3v) is 1.99. The molecule has 2 unspecified atom stereocenters. The Labute approximate surface area is 42.7 Å². The van der Waals surface area contributed by atoms with E-state index in [0.717, 1.165) is 12.3 Å². The van der Waals surface area contributed by atoms with E-state index in [0.29, 0.717) is 5.92 Å². The molecule has 0 aromatic rings. The van der Waals surface area contributed by atoms with Crippen LogP contribution >= 0.6 is 0 Å². The molecule has 2 atom stereocenters. The number of halogens is 1. The van der Waals surface area contributed by atoms with E-state index in [2.05, 4.69) is 0 Å². The molecule has 0 spiro atoms. The van der Waals surface area contributed by atoms with Gasteiger partial charge in [0.15, 0.2) is 0 Å². The normalized spacial score (nSPS) is 49.3. The molecule has 0 radical (unpaired) electrons. The molecule has 0 aliphatic heterocycles. The van der Waals surface area contributed by atoms with Gasteiger partial charge in [-0.2, -0.15) is 0 Å². The SMILES string of the molecule is FC1CC1C1CC1. The molecule has 2 saturated carbocycles. The van der Waals surface area contributed by atoms with Crippen LogP contribution in [0, 0.1) is 11.8 Å². The summed E-state index contributed by atoms with van der Waals surface area (Å²) in [5.41, 5.74) is 0. The van der Waals surface area contributed by atoms with Gasteiger partial charge in [0.1, 0.15) is 6.17 Å². The van der Waals surface area contributed by atoms with Gasteiger partial charge in [-0.15, -0.1) is 0 Å². The van der Waals surface area contributed by atoms with Gasteiger partial charge < -0.3 is 0 Å². The fourth-order valence-electron chi connectivity index (χ4n) is 1.19. The lowest BCUT2D eigenvalue weighted by Crippen LogP contribution is -1.79. The van der Waals surface area contributed by atoms with E-state index in [1.165, 1.54) is 12.8 Å². The Balaban J connectivity index is 1.88. The molecule has 0 heterocycles. The lowest BCUT2D eigenvalue weighted by atomic mass is 10.3. The summed E-state index contributed by atoms with van der Waals surface area (Å²) in [6, 6.07) is 0. The van der Waals surface area contributed by atoms with Gasteiger partial charge in [0.05, 0.1) is 0 Å². The van der Waals surface area contributed by atoms with Crippen LogP contribution in [0.2, 0.25) is 0 Å². The smallest absolute Gasteiger partial charge is 0.104 e. The summed E-state index contributed by atoms with van der Waals surface area (Å²) in [6.07, 6.45) is 3.10. The molecule has 0 nitrogen and oxygen atoms in total. The summed E-state index contributed by atoms with van der Waals surface area (Å²) in [4.78, 5) is 0. The van der Waals surface area contributed by atoms with E-state index in [1.54, 1.807) is 0 Å². The van der Waals surface area contributed by atoms with Gasteiger partial charge in [-0.1, -0.05) is 0 Å². The number of alkyl halides is 1. The maximum absolute atomic E-state index is 12.1. The maximum atomic E-state index is 12.1. The van der Waals surface area contributed by atoms with E-state index in [1.807, 2.05) is 0 Å². The Bertz CT molecular complexity index is 86.2. The van der Waals surface area contributed by atoms with Crippen molar-refractivity contribution in [3.63, 3.8) is 0 Å². The molecule has 40 valence electrons. The predicted molar refractivity (Wildman–Crippen MR) is 25.7 cm³/mol. The summed E-state index contributed by atoms with van der Waals surface area (Å²) >= 11 is 0. The molecule has 0 aromatic carbocycles. The van der Waals surface area contributed by atoms with E-state index < -0.39 is 6.17 Å². The van der Waals surface area contributed by atoms with E-state index >= 15 is 0 Å². The van der Waals surface area contributed by atoms with Crippen LogP contribution in [-0.2, 0) is 0 Å². The minimum Gasteiger partial charge on any atom is -0.247 e. The molecule has 0 N–H and O–H groups in total. The second-order valence-corrected chi connectivity index (χ2v) is 2.75. The van der Waals surface area contributed by atoms with Crippen LogP contribution in [0.1, 0.15) is 19.3 Å². The Morgan fingerprint density at radius 1 is 1.29 bits per heavy atom. The van der Waals surface area contributed by atoms with Crippen molar-refractivity contribution in [1.29, 1.82) is 0 Å². The predicted octanol–water partition coefficient (Wildman–Crippen LogP) is 1.75. The fraction of sp³-hybridized carbons (Fsp3) is 1.00. The highest BCUT2D eigenvalue weighted by Gasteiger charge is 2.47. The van der Waals surface area contributed by atoms with Crippen molar-refractivity contribution in [3.05, 3.63) is 0 Å². The lowest BCUT2D eigenvalue weighted by Gasteiger charge is -1.80. The second-order valence-electron chi connectivity index (χ2n) is 2.75. The molecule has 7 heavy (non-hydrogen) atoms. The lowest BCUT2D eigenvalue weighted by molar-refractivity contribution is 0.431. The molecule has 0 aromatic heterocycles. The Kier molecular flexibility index (Phi) is 0.561. The molecular formula is C6H9F. The third-order valence-electron chi connectivity index (χ3n) is 1.99. The molecule has 1 heteroatoms. The van der Waals surface area contributed by atoms with Gasteiger partial charge in [0, 0.05) is 0 Å². The molecule has 2 rings (SSSR count). The molecule has 0 amide bonds. The minimum atomic E-state index is -0.396. The van der Waals surface area contributed by atoms with E-state index in [-0.39, 0.29) is 0 Å². The molecular weight excluding hydrogens is 91.1 g/mol. The van der Waals surface area contributed by atoms with Crippen molar-refractivity contribution in [3.8, 4) is 0 Å². The summed E-state index contributed by atoms with van der Waals surface area (Å²) in [5, 5.41) is 0. The van der Waals surface area contributed by atoms with Crippen LogP contribution in [-0.4, -0.2) is 6.17 Å². The molecule has 0 saturated heterocycles. The highest BCUT2D eigenvalue weighted by Crippen LogP contribution is 2.51. The standard InChI is InChI=1S/C6H9F/c7-6-3-5(6)4-1-2-4/h4-6H,1-3H2. The van der Waals surface area contributed by atoms with Crippen LogP contribution < -0.4 is 0 Å². The largest absolute Gasteiger partial charge is 0.247 e. The Hall–Kier alpha value is -0.0700. The zero-order chi connectivity index (χ0) is 4.85. The zero-order valence-electron chi connectivity index (χ0n) is 4.23. The van der Waals surface area contributed by atoms with E-state index in [4.69, 9.17) is 0 Å². The van der Waals surface area contributed by atoms with Crippen LogP contribution in [0.25, 0.3) is 0 Å². The monoisotopic (exact) mass is 100 g/mol. The van der Waals surface area contributed by atoms with Gasteiger partial charge in [0.2, 0.25) is 0 Å². The summed E-state index contributed by atoms with van der Waals surface area (Å²) < 4.78 is 12.1. The maximum Gasteiger partial charge on any atom is 0.104 e. The van der Waals surface area contributed by atoms with E-state index in [9.17, 15) is 4.39 Å².